The molecule has 82 valence electrons. The fourth-order valence-electron chi connectivity index (χ4n) is 1.50. The van der Waals surface area contributed by atoms with Crippen molar-refractivity contribution in [2.24, 2.45) is 11.1 Å². The average Bonchev–Trinajstić information content (AvgIpc) is 2.77. The number of aryl methyl sites for hydroxylation is 1. The van der Waals surface area contributed by atoms with Crippen molar-refractivity contribution < 1.29 is 4.42 Å². The topological polar surface area (TPSA) is 88.8 Å². The third-order valence-electron chi connectivity index (χ3n) is 2.53. The normalized spacial score (nSPS) is 17.7. The van der Waals surface area contributed by atoms with Crippen molar-refractivity contribution >= 4 is 17.6 Å². The van der Waals surface area contributed by atoms with E-state index in [-0.39, 0.29) is 11.3 Å². The summed E-state index contributed by atoms with van der Waals surface area (Å²) >= 11 is 1.56. The minimum absolute atomic E-state index is 0.221. The Kier molecular flexibility index (Phi) is 2.68. The molecule has 0 saturated heterocycles. The van der Waals surface area contributed by atoms with Gasteiger partial charge in [0.1, 0.15) is 0 Å². The maximum atomic E-state index is 7.29. The van der Waals surface area contributed by atoms with Gasteiger partial charge < -0.3 is 10.2 Å². The number of hydrogen-bond acceptors (Lipinski definition) is 5. The second-order valence-electron chi connectivity index (χ2n) is 4.08. The van der Waals surface area contributed by atoms with E-state index in [1.54, 1.807) is 18.7 Å². The predicted octanol–water partition coefficient (Wildman–Crippen LogP) is 1.58. The summed E-state index contributed by atoms with van der Waals surface area (Å²) in [4.78, 5) is 0. The Bertz CT molecular complexity index is 372. The maximum absolute atomic E-state index is 7.29. The lowest BCUT2D eigenvalue weighted by atomic mass is 10.1. The fourth-order valence-corrected chi connectivity index (χ4v) is 2.60. The van der Waals surface area contributed by atoms with E-state index >= 15 is 0 Å². The molecule has 0 amide bonds. The van der Waals surface area contributed by atoms with Crippen molar-refractivity contribution in [2.45, 2.75) is 31.4 Å². The highest BCUT2D eigenvalue weighted by atomic mass is 32.2. The van der Waals surface area contributed by atoms with Crippen LogP contribution in [0.3, 0.4) is 0 Å². The van der Waals surface area contributed by atoms with Crippen LogP contribution in [0.2, 0.25) is 0 Å². The van der Waals surface area contributed by atoms with Crippen LogP contribution in [-0.2, 0) is 0 Å². The van der Waals surface area contributed by atoms with E-state index in [0.717, 1.165) is 18.6 Å². The van der Waals surface area contributed by atoms with E-state index in [2.05, 4.69) is 10.2 Å². The van der Waals surface area contributed by atoms with E-state index in [1.807, 2.05) is 0 Å². The van der Waals surface area contributed by atoms with Crippen LogP contribution in [0.25, 0.3) is 0 Å². The number of amidine groups is 1. The zero-order valence-electron chi connectivity index (χ0n) is 8.62. The standard InChI is InChI=1S/C9H14N4OS/c1-6-12-13-8(14-6)15-5-9(2-3-9)4-7(10)11/h2-5H2,1H3,(H3,10,11). The Labute approximate surface area is 92.3 Å². The van der Waals surface area contributed by atoms with Gasteiger partial charge in [-0.15, -0.1) is 10.2 Å². The molecule has 1 aliphatic carbocycles. The molecule has 6 heteroatoms. The molecule has 0 unspecified atom stereocenters. The summed E-state index contributed by atoms with van der Waals surface area (Å²) in [5, 5.41) is 15.6. The molecule has 1 fully saturated rings. The molecular formula is C9H14N4OS. The summed E-state index contributed by atoms with van der Waals surface area (Å²) in [6, 6.07) is 0. The Morgan fingerprint density at radius 2 is 2.33 bits per heavy atom. The quantitative estimate of drug-likeness (QED) is 0.452. The second kappa shape index (κ2) is 3.84. The molecule has 1 saturated carbocycles. The number of aromatic nitrogens is 2. The van der Waals surface area contributed by atoms with Crippen molar-refractivity contribution in [1.29, 1.82) is 5.41 Å². The molecule has 0 spiro atoms. The molecule has 1 aliphatic rings. The third-order valence-corrected chi connectivity index (χ3v) is 3.70. The summed E-state index contributed by atoms with van der Waals surface area (Å²) in [5.74, 6) is 1.78. The lowest BCUT2D eigenvalue weighted by Crippen LogP contribution is -2.18. The lowest BCUT2D eigenvalue weighted by molar-refractivity contribution is 0.428. The van der Waals surface area contributed by atoms with Crippen LogP contribution < -0.4 is 5.73 Å². The van der Waals surface area contributed by atoms with Gasteiger partial charge in [-0.1, -0.05) is 11.8 Å². The highest BCUT2D eigenvalue weighted by molar-refractivity contribution is 7.99. The first-order chi connectivity index (χ1) is 7.10. The van der Waals surface area contributed by atoms with Crippen molar-refractivity contribution in [1.82, 2.24) is 10.2 Å². The summed E-state index contributed by atoms with van der Waals surface area (Å²) in [6.07, 6.45) is 2.98. The van der Waals surface area contributed by atoms with Crippen LogP contribution in [0.1, 0.15) is 25.2 Å². The number of rotatable bonds is 5. The van der Waals surface area contributed by atoms with E-state index in [0.29, 0.717) is 17.5 Å². The van der Waals surface area contributed by atoms with Crippen molar-refractivity contribution in [3.8, 4) is 0 Å². The third kappa shape index (κ3) is 2.71. The van der Waals surface area contributed by atoms with Crippen LogP contribution in [0.5, 0.6) is 0 Å². The zero-order valence-corrected chi connectivity index (χ0v) is 9.43. The number of hydrogen-bond donors (Lipinski definition) is 2. The van der Waals surface area contributed by atoms with Gasteiger partial charge in [-0.25, -0.2) is 0 Å². The molecule has 0 atom stereocenters. The van der Waals surface area contributed by atoms with Gasteiger partial charge in [-0.05, 0) is 18.3 Å². The van der Waals surface area contributed by atoms with E-state index in [1.165, 1.54) is 0 Å². The molecule has 0 bridgehead atoms. The molecular weight excluding hydrogens is 212 g/mol. The van der Waals surface area contributed by atoms with Gasteiger partial charge in [0.15, 0.2) is 0 Å². The van der Waals surface area contributed by atoms with E-state index < -0.39 is 0 Å². The Morgan fingerprint density at radius 3 is 2.80 bits per heavy atom. The molecule has 5 nitrogen and oxygen atoms in total. The van der Waals surface area contributed by atoms with Crippen LogP contribution in [0.15, 0.2) is 9.64 Å². The van der Waals surface area contributed by atoms with Gasteiger partial charge in [0.25, 0.3) is 5.22 Å². The molecule has 0 radical (unpaired) electrons. The van der Waals surface area contributed by atoms with Crippen molar-refractivity contribution in [3.63, 3.8) is 0 Å². The van der Waals surface area contributed by atoms with Gasteiger partial charge in [0, 0.05) is 19.1 Å². The Morgan fingerprint density at radius 1 is 1.60 bits per heavy atom. The second-order valence-corrected chi connectivity index (χ2v) is 5.00. The lowest BCUT2D eigenvalue weighted by Gasteiger charge is -2.11. The van der Waals surface area contributed by atoms with E-state index in [4.69, 9.17) is 15.6 Å². The molecule has 3 N–H and O–H groups in total. The molecule has 1 heterocycles. The minimum atomic E-state index is 0.221. The maximum Gasteiger partial charge on any atom is 0.276 e. The number of nitrogens with two attached hydrogens (primary N) is 1. The molecule has 2 rings (SSSR count). The first-order valence-electron chi connectivity index (χ1n) is 4.85. The number of thioether (sulfide) groups is 1. The molecule has 0 aliphatic heterocycles. The smallest absolute Gasteiger partial charge is 0.276 e. The highest BCUT2D eigenvalue weighted by Gasteiger charge is 2.43. The summed E-state index contributed by atoms with van der Waals surface area (Å²) in [5.41, 5.74) is 5.64. The van der Waals surface area contributed by atoms with Gasteiger partial charge >= 0.3 is 0 Å². The predicted molar refractivity (Wildman–Crippen MR) is 58.0 cm³/mol. The Hall–Kier alpha value is -1.04. The molecule has 1 aromatic heterocycles. The SMILES string of the molecule is Cc1nnc(SCC2(CC(=N)N)CC2)o1. The van der Waals surface area contributed by atoms with Crippen molar-refractivity contribution in [3.05, 3.63) is 5.89 Å². The summed E-state index contributed by atoms with van der Waals surface area (Å²) in [7, 11) is 0. The molecule has 1 aromatic rings. The fraction of sp³-hybridized carbons (Fsp3) is 0.667. The van der Waals surface area contributed by atoms with Crippen LogP contribution in [0, 0.1) is 17.7 Å². The van der Waals surface area contributed by atoms with Crippen molar-refractivity contribution in [2.75, 3.05) is 5.75 Å². The van der Waals surface area contributed by atoms with Crippen LogP contribution in [-0.4, -0.2) is 21.8 Å². The molecule has 0 aromatic carbocycles. The summed E-state index contributed by atoms with van der Waals surface area (Å²) in [6.45, 7) is 1.78. The zero-order chi connectivity index (χ0) is 10.9. The number of nitrogens with one attached hydrogen (secondary N) is 1. The average molecular weight is 226 g/mol. The first-order valence-corrected chi connectivity index (χ1v) is 5.84. The van der Waals surface area contributed by atoms with Gasteiger partial charge in [-0.3, -0.25) is 5.41 Å². The van der Waals surface area contributed by atoms with E-state index in [9.17, 15) is 0 Å². The molecule has 15 heavy (non-hydrogen) atoms. The van der Waals surface area contributed by atoms with Gasteiger partial charge in [0.2, 0.25) is 5.89 Å². The van der Waals surface area contributed by atoms with Crippen LogP contribution in [0.4, 0.5) is 0 Å². The van der Waals surface area contributed by atoms with Crippen LogP contribution >= 0.6 is 11.8 Å². The Balaban J connectivity index is 1.85. The monoisotopic (exact) mass is 226 g/mol. The largest absolute Gasteiger partial charge is 0.416 e. The number of nitrogens with zero attached hydrogens (tertiary/aromatic N) is 2. The minimum Gasteiger partial charge on any atom is -0.416 e. The first kappa shape index (κ1) is 10.5. The van der Waals surface area contributed by atoms with Gasteiger partial charge in [-0.2, -0.15) is 0 Å². The van der Waals surface area contributed by atoms with Gasteiger partial charge in [0.05, 0.1) is 5.84 Å². The summed E-state index contributed by atoms with van der Waals surface area (Å²) < 4.78 is 5.27. The highest BCUT2D eigenvalue weighted by Crippen LogP contribution is 2.51.